The third-order valence-corrected chi connectivity index (χ3v) is 5.02. The molecule has 1 spiro atoms. The van der Waals surface area contributed by atoms with Crippen molar-refractivity contribution in [1.82, 2.24) is 15.5 Å². The molecule has 0 bridgehead atoms. The van der Waals surface area contributed by atoms with E-state index in [-0.39, 0.29) is 5.91 Å². The Morgan fingerprint density at radius 2 is 2.05 bits per heavy atom. The summed E-state index contributed by atoms with van der Waals surface area (Å²) in [7, 11) is 0. The van der Waals surface area contributed by atoms with Gasteiger partial charge in [0.25, 0.3) is 0 Å². The lowest BCUT2D eigenvalue weighted by Crippen LogP contribution is -2.53. The standard InChI is InChI=1S/C16H31N3O/c1-3-14(4-2)18-15(20)11-19-10-6-8-16(13-19)7-5-9-17-12-16/h14,17H,3-13H2,1-2H3,(H,18,20). The normalized spacial score (nSPS) is 27.9. The fourth-order valence-electron chi connectivity index (χ4n) is 3.79. The van der Waals surface area contributed by atoms with Gasteiger partial charge in [-0.25, -0.2) is 0 Å². The molecule has 1 atom stereocenters. The number of hydrogen-bond donors (Lipinski definition) is 2. The van der Waals surface area contributed by atoms with Gasteiger partial charge in [0.2, 0.25) is 5.91 Å². The molecule has 2 fully saturated rings. The van der Waals surface area contributed by atoms with E-state index in [0.29, 0.717) is 18.0 Å². The Bertz CT molecular complexity index is 303. The van der Waals surface area contributed by atoms with Crippen LogP contribution < -0.4 is 10.6 Å². The lowest BCUT2D eigenvalue weighted by atomic mass is 9.74. The summed E-state index contributed by atoms with van der Waals surface area (Å²) < 4.78 is 0. The Morgan fingerprint density at radius 1 is 1.30 bits per heavy atom. The van der Waals surface area contributed by atoms with Crippen molar-refractivity contribution in [2.45, 2.75) is 58.4 Å². The molecule has 2 aliphatic rings. The van der Waals surface area contributed by atoms with E-state index >= 15 is 0 Å². The second kappa shape index (κ2) is 7.41. The Morgan fingerprint density at radius 3 is 2.70 bits per heavy atom. The maximum Gasteiger partial charge on any atom is 0.234 e. The van der Waals surface area contributed by atoms with Crippen LogP contribution in [0.15, 0.2) is 0 Å². The van der Waals surface area contributed by atoms with Gasteiger partial charge in [-0.2, -0.15) is 0 Å². The number of carbonyl (C=O) groups is 1. The first-order valence-electron chi connectivity index (χ1n) is 8.40. The molecule has 1 unspecified atom stereocenters. The predicted octanol–water partition coefficient (Wildman–Crippen LogP) is 1.76. The predicted molar refractivity (Wildman–Crippen MR) is 82.7 cm³/mol. The summed E-state index contributed by atoms with van der Waals surface area (Å²) in [6.07, 6.45) is 7.22. The molecule has 2 aliphatic heterocycles. The van der Waals surface area contributed by atoms with Gasteiger partial charge in [0.1, 0.15) is 0 Å². The summed E-state index contributed by atoms with van der Waals surface area (Å²) in [5.74, 6) is 0.208. The van der Waals surface area contributed by atoms with Crippen LogP contribution in [-0.4, -0.2) is 49.6 Å². The molecule has 0 aromatic rings. The summed E-state index contributed by atoms with van der Waals surface area (Å²) in [5, 5.41) is 6.70. The second-order valence-electron chi connectivity index (χ2n) is 6.68. The molecule has 116 valence electrons. The third kappa shape index (κ3) is 4.19. The molecule has 0 radical (unpaired) electrons. The zero-order chi connectivity index (χ0) is 14.4. The van der Waals surface area contributed by atoms with Gasteiger partial charge in [-0.05, 0) is 57.0 Å². The Kier molecular flexibility index (Phi) is 5.85. The summed E-state index contributed by atoms with van der Waals surface area (Å²) in [5.41, 5.74) is 0.436. The molecule has 2 saturated heterocycles. The molecule has 4 heteroatoms. The highest BCUT2D eigenvalue weighted by atomic mass is 16.2. The van der Waals surface area contributed by atoms with Crippen LogP contribution in [0.25, 0.3) is 0 Å². The third-order valence-electron chi connectivity index (χ3n) is 5.02. The number of nitrogens with zero attached hydrogens (tertiary/aromatic N) is 1. The lowest BCUT2D eigenvalue weighted by Gasteiger charge is -2.45. The number of carbonyl (C=O) groups excluding carboxylic acids is 1. The Hall–Kier alpha value is -0.610. The van der Waals surface area contributed by atoms with E-state index in [1.165, 1.54) is 25.7 Å². The minimum absolute atomic E-state index is 0.208. The van der Waals surface area contributed by atoms with Gasteiger partial charge in [0.15, 0.2) is 0 Å². The smallest absolute Gasteiger partial charge is 0.234 e. The highest BCUT2D eigenvalue weighted by molar-refractivity contribution is 5.78. The molecular weight excluding hydrogens is 250 g/mol. The summed E-state index contributed by atoms with van der Waals surface area (Å²) in [4.78, 5) is 14.5. The van der Waals surface area contributed by atoms with Crippen molar-refractivity contribution in [1.29, 1.82) is 0 Å². The van der Waals surface area contributed by atoms with Crippen LogP contribution in [0.1, 0.15) is 52.4 Å². The summed E-state index contributed by atoms with van der Waals surface area (Å²) in [6, 6.07) is 0.345. The molecule has 0 aromatic carbocycles. The van der Waals surface area contributed by atoms with E-state index in [9.17, 15) is 4.79 Å². The maximum absolute atomic E-state index is 12.1. The quantitative estimate of drug-likeness (QED) is 0.807. The first kappa shape index (κ1) is 15.8. The second-order valence-corrected chi connectivity index (χ2v) is 6.68. The van der Waals surface area contributed by atoms with E-state index < -0.39 is 0 Å². The van der Waals surface area contributed by atoms with Gasteiger partial charge in [0.05, 0.1) is 6.54 Å². The van der Waals surface area contributed by atoms with Crippen molar-refractivity contribution in [3.8, 4) is 0 Å². The van der Waals surface area contributed by atoms with Gasteiger partial charge in [0, 0.05) is 19.1 Å². The number of hydrogen-bond acceptors (Lipinski definition) is 3. The van der Waals surface area contributed by atoms with Crippen molar-refractivity contribution in [3.05, 3.63) is 0 Å². The fraction of sp³-hybridized carbons (Fsp3) is 0.938. The largest absolute Gasteiger partial charge is 0.352 e. The van der Waals surface area contributed by atoms with Crippen LogP contribution in [-0.2, 0) is 4.79 Å². The molecule has 2 rings (SSSR count). The number of nitrogens with one attached hydrogen (secondary N) is 2. The first-order valence-corrected chi connectivity index (χ1v) is 8.40. The summed E-state index contributed by atoms with van der Waals surface area (Å²) >= 11 is 0. The van der Waals surface area contributed by atoms with Gasteiger partial charge in [-0.3, -0.25) is 9.69 Å². The number of amides is 1. The maximum atomic E-state index is 12.1. The van der Waals surface area contributed by atoms with E-state index in [4.69, 9.17) is 0 Å². The van der Waals surface area contributed by atoms with E-state index in [1.54, 1.807) is 0 Å². The van der Waals surface area contributed by atoms with E-state index in [2.05, 4.69) is 29.4 Å². The average Bonchev–Trinajstić information content (AvgIpc) is 2.45. The van der Waals surface area contributed by atoms with Crippen LogP contribution in [0, 0.1) is 5.41 Å². The van der Waals surface area contributed by atoms with Crippen LogP contribution >= 0.6 is 0 Å². The highest BCUT2D eigenvalue weighted by Gasteiger charge is 2.36. The Labute approximate surface area is 123 Å². The number of piperidine rings is 2. The van der Waals surface area contributed by atoms with Crippen molar-refractivity contribution in [3.63, 3.8) is 0 Å². The molecule has 4 nitrogen and oxygen atoms in total. The molecule has 0 aliphatic carbocycles. The Balaban J connectivity index is 1.81. The zero-order valence-electron chi connectivity index (χ0n) is 13.2. The molecular formula is C16H31N3O. The van der Waals surface area contributed by atoms with Crippen molar-refractivity contribution >= 4 is 5.91 Å². The minimum atomic E-state index is 0.208. The molecule has 0 saturated carbocycles. The zero-order valence-corrected chi connectivity index (χ0v) is 13.2. The van der Waals surface area contributed by atoms with Crippen LogP contribution in [0.3, 0.4) is 0 Å². The van der Waals surface area contributed by atoms with Crippen LogP contribution in [0.5, 0.6) is 0 Å². The minimum Gasteiger partial charge on any atom is -0.352 e. The fourth-order valence-corrected chi connectivity index (χ4v) is 3.79. The lowest BCUT2D eigenvalue weighted by molar-refractivity contribution is -0.124. The van der Waals surface area contributed by atoms with Gasteiger partial charge in [-0.1, -0.05) is 13.8 Å². The summed E-state index contributed by atoms with van der Waals surface area (Å²) in [6.45, 7) is 9.33. The average molecular weight is 281 g/mol. The molecule has 2 N–H and O–H groups in total. The van der Waals surface area contributed by atoms with Gasteiger partial charge < -0.3 is 10.6 Å². The molecule has 1 amide bonds. The van der Waals surface area contributed by atoms with Crippen molar-refractivity contribution < 1.29 is 4.79 Å². The van der Waals surface area contributed by atoms with Crippen molar-refractivity contribution in [2.75, 3.05) is 32.7 Å². The molecule has 20 heavy (non-hydrogen) atoms. The number of likely N-dealkylation sites (tertiary alicyclic amines) is 1. The van der Waals surface area contributed by atoms with Crippen LogP contribution in [0.2, 0.25) is 0 Å². The first-order chi connectivity index (χ1) is 9.67. The van der Waals surface area contributed by atoms with E-state index in [0.717, 1.165) is 39.0 Å². The molecule has 2 heterocycles. The van der Waals surface area contributed by atoms with Gasteiger partial charge in [-0.15, -0.1) is 0 Å². The molecule has 0 aromatic heterocycles. The van der Waals surface area contributed by atoms with Gasteiger partial charge >= 0.3 is 0 Å². The van der Waals surface area contributed by atoms with E-state index in [1.807, 2.05) is 0 Å². The monoisotopic (exact) mass is 281 g/mol. The number of rotatable bonds is 5. The van der Waals surface area contributed by atoms with Crippen LogP contribution in [0.4, 0.5) is 0 Å². The highest BCUT2D eigenvalue weighted by Crippen LogP contribution is 2.35. The van der Waals surface area contributed by atoms with Crippen molar-refractivity contribution in [2.24, 2.45) is 5.41 Å². The topological polar surface area (TPSA) is 44.4 Å². The SMILES string of the molecule is CCC(CC)NC(=O)CN1CCCC2(CCCNC2)C1.